The van der Waals surface area contributed by atoms with Gasteiger partial charge in [-0.15, -0.1) is 0 Å². The van der Waals surface area contributed by atoms with E-state index in [1.165, 1.54) is 12.3 Å². The number of rotatable bonds is 2. The molecule has 0 aliphatic carbocycles. The zero-order chi connectivity index (χ0) is 13.3. The van der Waals surface area contributed by atoms with E-state index in [1.807, 2.05) is 25.1 Å². The highest BCUT2D eigenvalue weighted by Crippen LogP contribution is 2.29. The molecular weight excluding hydrogens is 252 g/mol. The Hall–Kier alpha value is -2.07. The van der Waals surface area contributed by atoms with Gasteiger partial charge in [-0.1, -0.05) is 23.7 Å². The molecule has 0 saturated carbocycles. The molecule has 2 rings (SSSR count). The molecule has 0 amide bonds. The molecule has 0 spiro atoms. The zero-order valence-electron chi connectivity index (χ0n) is 9.64. The number of aromatic carboxylic acids is 1. The van der Waals surface area contributed by atoms with Gasteiger partial charge >= 0.3 is 5.97 Å². The summed E-state index contributed by atoms with van der Waals surface area (Å²) in [7, 11) is 0. The molecule has 1 aromatic carbocycles. The lowest BCUT2D eigenvalue weighted by Gasteiger charge is -2.07. The van der Waals surface area contributed by atoms with Crippen molar-refractivity contribution in [3.05, 3.63) is 46.6 Å². The quantitative estimate of drug-likeness (QED) is 0.872. The maximum Gasteiger partial charge on any atom is 0.339 e. The van der Waals surface area contributed by atoms with Crippen LogP contribution >= 0.6 is 11.6 Å². The predicted molar refractivity (Wildman–Crippen MR) is 70.8 cm³/mol. The van der Waals surface area contributed by atoms with Crippen LogP contribution in [0.2, 0.25) is 5.02 Å². The normalized spacial score (nSPS) is 10.3. The molecule has 0 aliphatic heterocycles. The Kier molecular flexibility index (Phi) is 3.21. The summed E-state index contributed by atoms with van der Waals surface area (Å²) in [6.45, 7) is 1.93. The first-order valence-corrected chi connectivity index (χ1v) is 5.62. The van der Waals surface area contributed by atoms with Gasteiger partial charge in [0, 0.05) is 22.3 Å². The summed E-state index contributed by atoms with van der Waals surface area (Å²) in [5.74, 6) is -1.11. The van der Waals surface area contributed by atoms with Gasteiger partial charge in [0.1, 0.15) is 11.4 Å². The van der Waals surface area contributed by atoms with Gasteiger partial charge in [-0.25, -0.2) is 9.78 Å². The van der Waals surface area contributed by atoms with Crippen LogP contribution in [0.4, 0.5) is 5.82 Å². The van der Waals surface area contributed by atoms with E-state index in [0.717, 1.165) is 11.1 Å². The first kappa shape index (κ1) is 12.4. The SMILES string of the molecule is Cc1ccc(-c2cnc(N)c(C(=O)O)c2)c(Cl)c1. The molecule has 0 bridgehead atoms. The van der Waals surface area contributed by atoms with Gasteiger partial charge in [0.25, 0.3) is 0 Å². The Balaban J connectivity index is 2.58. The van der Waals surface area contributed by atoms with Crippen LogP contribution in [-0.4, -0.2) is 16.1 Å². The molecule has 0 fully saturated rings. The highest BCUT2D eigenvalue weighted by molar-refractivity contribution is 6.33. The van der Waals surface area contributed by atoms with Crippen molar-refractivity contribution in [3.8, 4) is 11.1 Å². The van der Waals surface area contributed by atoms with Crippen molar-refractivity contribution in [1.29, 1.82) is 0 Å². The third-order valence-corrected chi connectivity index (χ3v) is 2.90. The van der Waals surface area contributed by atoms with E-state index in [2.05, 4.69) is 4.98 Å². The number of nitrogens with zero attached hydrogens (tertiary/aromatic N) is 1. The summed E-state index contributed by atoms with van der Waals surface area (Å²) in [5, 5.41) is 9.55. The topological polar surface area (TPSA) is 76.2 Å². The number of hydrogen-bond acceptors (Lipinski definition) is 3. The summed E-state index contributed by atoms with van der Waals surface area (Å²) in [5.41, 5.74) is 7.88. The molecule has 1 aromatic heterocycles. The molecule has 0 saturated heterocycles. The molecule has 0 aliphatic rings. The Morgan fingerprint density at radius 2 is 2.11 bits per heavy atom. The van der Waals surface area contributed by atoms with E-state index in [1.54, 1.807) is 0 Å². The van der Waals surface area contributed by atoms with E-state index >= 15 is 0 Å². The van der Waals surface area contributed by atoms with Crippen LogP contribution in [0.25, 0.3) is 11.1 Å². The number of carboxylic acid groups (broad SMARTS) is 1. The minimum absolute atomic E-state index is 0.00511. The number of anilines is 1. The minimum Gasteiger partial charge on any atom is -0.478 e. The van der Waals surface area contributed by atoms with Crippen molar-refractivity contribution in [2.75, 3.05) is 5.73 Å². The Labute approximate surface area is 109 Å². The van der Waals surface area contributed by atoms with Gasteiger partial charge in [-0.3, -0.25) is 0 Å². The van der Waals surface area contributed by atoms with Crippen LogP contribution in [0, 0.1) is 6.92 Å². The highest BCUT2D eigenvalue weighted by Gasteiger charge is 2.12. The number of nitrogens with two attached hydrogens (primary N) is 1. The second-order valence-electron chi connectivity index (χ2n) is 3.95. The fraction of sp³-hybridized carbons (Fsp3) is 0.0769. The van der Waals surface area contributed by atoms with Crippen LogP contribution in [0.15, 0.2) is 30.5 Å². The minimum atomic E-state index is -1.11. The fourth-order valence-electron chi connectivity index (χ4n) is 1.65. The van der Waals surface area contributed by atoms with E-state index in [4.69, 9.17) is 22.4 Å². The van der Waals surface area contributed by atoms with E-state index in [0.29, 0.717) is 10.6 Å². The van der Waals surface area contributed by atoms with Crippen LogP contribution in [0.1, 0.15) is 15.9 Å². The number of aromatic nitrogens is 1. The maximum absolute atomic E-state index is 11.0. The summed E-state index contributed by atoms with van der Waals surface area (Å²) < 4.78 is 0. The number of carboxylic acids is 1. The molecule has 18 heavy (non-hydrogen) atoms. The molecule has 1 heterocycles. The number of pyridine rings is 1. The first-order valence-electron chi connectivity index (χ1n) is 5.24. The number of halogens is 1. The molecule has 0 atom stereocenters. The summed E-state index contributed by atoms with van der Waals surface area (Å²) >= 11 is 6.13. The summed E-state index contributed by atoms with van der Waals surface area (Å²) in [6, 6.07) is 7.02. The first-order chi connectivity index (χ1) is 8.49. The largest absolute Gasteiger partial charge is 0.478 e. The second-order valence-corrected chi connectivity index (χ2v) is 4.35. The van der Waals surface area contributed by atoms with Crippen LogP contribution in [0.5, 0.6) is 0 Å². The van der Waals surface area contributed by atoms with Gasteiger partial charge in [-0.05, 0) is 24.6 Å². The lowest BCUT2D eigenvalue weighted by molar-refractivity contribution is 0.0697. The van der Waals surface area contributed by atoms with Crippen molar-refractivity contribution in [1.82, 2.24) is 4.98 Å². The van der Waals surface area contributed by atoms with Gasteiger partial charge in [0.15, 0.2) is 0 Å². The fourth-order valence-corrected chi connectivity index (χ4v) is 1.99. The molecule has 4 nitrogen and oxygen atoms in total. The second kappa shape index (κ2) is 4.66. The lowest BCUT2D eigenvalue weighted by atomic mass is 10.0. The third kappa shape index (κ3) is 2.28. The van der Waals surface area contributed by atoms with Crippen LogP contribution in [0.3, 0.4) is 0 Å². The zero-order valence-corrected chi connectivity index (χ0v) is 10.4. The standard InChI is InChI=1S/C13H11ClN2O2/c1-7-2-3-9(11(14)4-7)8-5-10(13(17)18)12(15)16-6-8/h2-6H,1H3,(H2,15,16)(H,17,18). The molecule has 2 aromatic rings. The Morgan fingerprint density at radius 1 is 1.39 bits per heavy atom. The molecular formula is C13H11ClN2O2. The molecule has 5 heteroatoms. The van der Waals surface area contributed by atoms with Crippen molar-refractivity contribution in [2.24, 2.45) is 0 Å². The average molecular weight is 263 g/mol. The van der Waals surface area contributed by atoms with Gasteiger partial charge in [0.05, 0.1) is 0 Å². The van der Waals surface area contributed by atoms with Crippen LogP contribution in [-0.2, 0) is 0 Å². The van der Waals surface area contributed by atoms with E-state index in [9.17, 15) is 4.79 Å². The van der Waals surface area contributed by atoms with Crippen molar-refractivity contribution < 1.29 is 9.90 Å². The monoisotopic (exact) mass is 262 g/mol. The predicted octanol–water partition coefficient (Wildman–Crippen LogP) is 2.99. The molecule has 3 N–H and O–H groups in total. The number of aryl methyl sites for hydroxylation is 1. The number of hydrogen-bond donors (Lipinski definition) is 2. The third-order valence-electron chi connectivity index (χ3n) is 2.58. The van der Waals surface area contributed by atoms with Gasteiger partial charge in [0.2, 0.25) is 0 Å². The average Bonchev–Trinajstić information content (AvgIpc) is 2.30. The summed E-state index contributed by atoms with van der Waals surface area (Å²) in [4.78, 5) is 14.9. The number of carbonyl (C=O) groups is 1. The van der Waals surface area contributed by atoms with Gasteiger partial charge in [-0.2, -0.15) is 0 Å². The number of benzene rings is 1. The molecule has 92 valence electrons. The highest BCUT2D eigenvalue weighted by atomic mass is 35.5. The summed E-state index contributed by atoms with van der Waals surface area (Å²) in [6.07, 6.45) is 1.51. The van der Waals surface area contributed by atoms with Crippen LogP contribution < -0.4 is 5.73 Å². The maximum atomic E-state index is 11.0. The van der Waals surface area contributed by atoms with Crippen molar-refractivity contribution in [3.63, 3.8) is 0 Å². The smallest absolute Gasteiger partial charge is 0.339 e. The molecule has 0 radical (unpaired) electrons. The van der Waals surface area contributed by atoms with Crippen molar-refractivity contribution >= 4 is 23.4 Å². The Bertz CT molecular complexity index is 626. The Morgan fingerprint density at radius 3 is 2.72 bits per heavy atom. The van der Waals surface area contributed by atoms with Gasteiger partial charge < -0.3 is 10.8 Å². The van der Waals surface area contributed by atoms with Crippen molar-refractivity contribution in [2.45, 2.75) is 6.92 Å². The molecule has 0 unspecified atom stereocenters. The van der Waals surface area contributed by atoms with E-state index < -0.39 is 5.97 Å². The lowest BCUT2D eigenvalue weighted by Crippen LogP contribution is -2.04. The van der Waals surface area contributed by atoms with E-state index in [-0.39, 0.29) is 11.4 Å². The number of nitrogen functional groups attached to an aromatic ring is 1.